The number of fused-ring (bicyclic) bond motifs is 9. The van der Waals surface area contributed by atoms with E-state index in [1.54, 1.807) is 11.3 Å². The molecule has 0 aliphatic heterocycles. The predicted molar refractivity (Wildman–Crippen MR) is 184 cm³/mol. The second-order valence-electron chi connectivity index (χ2n) is 10.8. The normalized spacial score (nSPS) is 12.3. The lowest BCUT2D eigenvalue weighted by molar-refractivity contribution is 0.672. The van der Waals surface area contributed by atoms with Gasteiger partial charge in [0.2, 0.25) is 0 Å². The van der Waals surface area contributed by atoms with Gasteiger partial charge in [-0.2, -0.15) is 10.5 Å². The lowest BCUT2D eigenvalue weighted by Crippen LogP contribution is -1.81. The summed E-state index contributed by atoms with van der Waals surface area (Å²) in [5, 5.41) is 26.4. The molecule has 2 aromatic heterocycles. The molecule has 0 unspecified atom stereocenters. The van der Waals surface area contributed by atoms with E-state index in [0.717, 1.165) is 55.0 Å². The molecule has 0 aliphatic carbocycles. The Morgan fingerprint density at radius 1 is 0.545 bits per heavy atom. The van der Waals surface area contributed by atoms with Gasteiger partial charge in [0, 0.05) is 41.7 Å². The SMILES string of the molecule is N#C/C(=C\c1ccc2c(c1)oc1c2ccc2c1ccc1c3ccc(/C=C(\C#N)c4ccccc4)cc3sc12)c1ccccc1. The molecule has 0 saturated heterocycles. The fraction of sp³-hybridized carbons (Fsp3) is 0. The van der Waals surface area contributed by atoms with Crippen LogP contribution in [-0.2, 0) is 0 Å². The highest BCUT2D eigenvalue weighted by molar-refractivity contribution is 7.26. The van der Waals surface area contributed by atoms with E-state index in [0.29, 0.717) is 11.1 Å². The zero-order chi connectivity index (χ0) is 29.6. The second-order valence-corrected chi connectivity index (χ2v) is 11.8. The molecule has 8 rings (SSSR count). The number of furan rings is 1. The predicted octanol–water partition coefficient (Wildman–Crippen LogP) is 11.2. The Bertz CT molecular complexity index is 2370. The molecular formula is C40H22N2OS. The smallest absolute Gasteiger partial charge is 0.143 e. The van der Waals surface area contributed by atoms with E-state index in [-0.39, 0.29) is 0 Å². The highest BCUT2D eigenvalue weighted by Gasteiger charge is 2.15. The highest BCUT2D eigenvalue weighted by atomic mass is 32.1. The van der Waals surface area contributed by atoms with Crippen molar-refractivity contribution < 1.29 is 4.42 Å². The fourth-order valence-electron chi connectivity index (χ4n) is 6.01. The van der Waals surface area contributed by atoms with Crippen LogP contribution in [0.1, 0.15) is 22.3 Å². The summed E-state index contributed by atoms with van der Waals surface area (Å²) in [6.45, 7) is 0. The van der Waals surface area contributed by atoms with Crippen molar-refractivity contribution in [2.24, 2.45) is 0 Å². The van der Waals surface area contributed by atoms with Gasteiger partial charge in [0.1, 0.15) is 11.2 Å². The summed E-state index contributed by atoms with van der Waals surface area (Å²) in [7, 11) is 0. The molecule has 6 aromatic carbocycles. The first-order valence-corrected chi connectivity index (χ1v) is 15.1. The Kier molecular flexibility index (Phi) is 6.09. The van der Waals surface area contributed by atoms with Crippen molar-refractivity contribution in [3.63, 3.8) is 0 Å². The van der Waals surface area contributed by atoms with Crippen LogP contribution in [0.2, 0.25) is 0 Å². The molecule has 2 heterocycles. The van der Waals surface area contributed by atoms with E-state index in [1.807, 2.05) is 84.9 Å². The number of hydrogen-bond donors (Lipinski definition) is 0. The Labute approximate surface area is 257 Å². The minimum Gasteiger partial charge on any atom is -0.455 e. The molecule has 0 bridgehead atoms. The number of benzene rings is 6. The topological polar surface area (TPSA) is 60.7 Å². The van der Waals surface area contributed by atoms with Gasteiger partial charge in [0.15, 0.2) is 0 Å². The van der Waals surface area contributed by atoms with Gasteiger partial charge in [-0.15, -0.1) is 11.3 Å². The summed E-state index contributed by atoms with van der Waals surface area (Å²) in [6, 6.07) is 45.4. The molecule has 0 radical (unpaired) electrons. The number of rotatable bonds is 4. The zero-order valence-corrected chi connectivity index (χ0v) is 24.2. The minimum absolute atomic E-state index is 0.612. The monoisotopic (exact) mass is 578 g/mol. The summed E-state index contributed by atoms with van der Waals surface area (Å²) in [6.07, 6.45) is 3.86. The fourth-order valence-corrected chi connectivity index (χ4v) is 7.29. The van der Waals surface area contributed by atoms with E-state index in [9.17, 15) is 10.5 Å². The van der Waals surface area contributed by atoms with Gasteiger partial charge >= 0.3 is 0 Å². The van der Waals surface area contributed by atoms with Crippen LogP contribution in [0.3, 0.4) is 0 Å². The standard InChI is InChI=1S/C40H22N2OS/c41-23-29(27-7-3-1-4-8-27)19-25-11-13-31-33-15-18-36-34(39(33)43-37(31)21-25)16-17-35-32-14-12-26(22-38(32)44-40(35)36)20-30(24-42)28-9-5-2-6-10-28/h1-22H/b29-19+,30-20+. The third-order valence-corrected chi connectivity index (χ3v) is 9.35. The molecule has 0 atom stereocenters. The van der Waals surface area contributed by atoms with Crippen molar-refractivity contribution in [2.75, 3.05) is 0 Å². The summed E-state index contributed by atoms with van der Waals surface area (Å²) < 4.78 is 8.92. The van der Waals surface area contributed by atoms with E-state index in [2.05, 4.69) is 60.7 Å². The average molecular weight is 579 g/mol. The lowest BCUT2D eigenvalue weighted by Gasteiger charge is -2.01. The van der Waals surface area contributed by atoms with Crippen LogP contribution in [0, 0.1) is 22.7 Å². The van der Waals surface area contributed by atoms with Crippen molar-refractivity contribution in [3.8, 4) is 12.1 Å². The molecule has 0 spiro atoms. The van der Waals surface area contributed by atoms with E-state index in [4.69, 9.17) is 4.42 Å². The molecule has 0 amide bonds. The largest absolute Gasteiger partial charge is 0.455 e. The molecule has 3 nitrogen and oxygen atoms in total. The second kappa shape index (κ2) is 10.4. The Balaban J connectivity index is 1.24. The third kappa shape index (κ3) is 4.26. The molecule has 0 aliphatic rings. The van der Waals surface area contributed by atoms with Gasteiger partial charge in [-0.25, -0.2) is 0 Å². The van der Waals surface area contributed by atoms with Crippen molar-refractivity contribution in [2.45, 2.75) is 0 Å². The number of hydrogen-bond acceptors (Lipinski definition) is 4. The molecule has 0 saturated carbocycles. The summed E-state index contributed by atoms with van der Waals surface area (Å²) in [5.41, 5.74) is 6.65. The van der Waals surface area contributed by atoms with Crippen LogP contribution in [-0.4, -0.2) is 0 Å². The van der Waals surface area contributed by atoms with Gasteiger partial charge in [0.05, 0.1) is 23.3 Å². The van der Waals surface area contributed by atoms with Crippen LogP contribution in [0.15, 0.2) is 126 Å². The average Bonchev–Trinajstić information content (AvgIpc) is 3.64. The van der Waals surface area contributed by atoms with Gasteiger partial charge in [-0.3, -0.25) is 0 Å². The van der Waals surface area contributed by atoms with Crippen LogP contribution < -0.4 is 0 Å². The van der Waals surface area contributed by atoms with Crippen LogP contribution in [0.4, 0.5) is 0 Å². The van der Waals surface area contributed by atoms with E-state index in [1.165, 1.54) is 20.2 Å². The molecule has 44 heavy (non-hydrogen) atoms. The van der Waals surface area contributed by atoms with Crippen molar-refractivity contribution >= 4 is 87.5 Å². The molecule has 4 heteroatoms. The van der Waals surface area contributed by atoms with Crippen LogP contribution in [0.25, 0.3) is 76.2 Å². The van der Waals surface area contributed by atoms with Gasteiger partial charge in [-0.1, -0.05) is 91.0 Å². The quantitative estimate of drug-likeness (QED) is 0.154. The Hall–Kier alpha value is -5.94. The first kappa shape index (κ1) is 25.7. The number of nitrogens with zero attached hydrogens (tertiary/aromatic N) is 2. The summed E-state index contributed by atoms with van der Waals surface area (Å²) in [5.74, 6) is 0. The number of allylic oxidation sites excluding steroid dienone is 2. The molecule has 204 valence electrons. The summed E-state index contributed by atoms with van der Waals surface area (Å²) in [4.78, 5) is 0. The van der Waals surface area contributed by atoms with Crippen molar-refractivity contribution in [3.05, 3.63) is 144 Å². The Morgan fingerprint density at radius 2 is 1.05 bits per heavy atom. The zero-order valence-electron chi connectivity index (χ0n) is 23.4. The van der Waals surface area contributed by atoms with E-state index < -0.39 is 0 Å². The Morgan fingerprint density at radius 3 is 1.66 bits per heavy atom. The van der Waals surface area contributed by atoms with Gasteiger partial charge in [0.25, 0.3) is 0 Å². The maximum atomic E-state index is 9.80. The maximum absolute atomic E-state index is 9.80. The first-order valence-electron chi connectivity index (χ1n) is 14.3. The van der Waals surface area contributed by atoms with Gasteiger partial charge in [-0.05, 0) is 64.7 Å². The third-order valence-electron chi connectivity index (χ3n) is 8.15. The molecule has 0 fully saturated rings. The minimum atomic E-state index is 0.612. The lowest BCUT2D eigenvalue weighted by atomic mass is 10.0. The molecular weight excluding hydrogens is 557 g/mol. The van der Waals surface area contributed by atoms with Crippen molar-refractivity contribution in [1.82, 2.24) is 0 Å². The van der Waals surface area contributed by atoms with Crippen LogP contribution in [0.5, 0.6) is 0 Å². The van der Waals surface area contributed by atoms with Crippen molar-refractivity contribution in [1.29, 1.82) is 10.5 Å². The van der Waals surface area contributed by atoms with Gasteiger partial charge < -0.3 is 4.42 Å². The first-order chi connectivity index (χ1) is 21.7. The maximum Gasteiger partial charge on any atom is 0.143 e. The molecule has 0 N–H and O–H groups in total. The van der Waals surface area contributed by atoms with Crippen LogP contribution >= 0.6 is 11.3 Å². The molecule has 8 aromatic rings. The number of nitriles is 2. The summed E-state index contributed by atoms with van der Waals surface area (Å²) >= 11 is 1.77. The number of thiophene rings is 1. The highest BCUT2D eigenvalue weighted by Crippen LogP contribution is 2.42. The van der Waals surface area contributed by atoms with E-state index >= 15 is 0 Å².